The second kappa shape index (κ2) is 14.3. The average Bonchev–Trinajstić information content (AvgIpc) is 2.58. The molecule has 0 radical (unpaired) electrons. The van der Waals surface area contributed by atoms with E-state index in [9.17, 15) is 4.21 Å². The topological polar surface area (TPSA) is 56.7 Å². The Bertz CT molecular complexity index is 382. The summed E-state index contributed by atoms with van der Waals surface area (Å²) in [5, 5.41) is 7.27. The summed E-state index contributed by atoms with van der Waals surface area (Å²) >= 11 is 0. The van der Waals surface area contributed by atoms with Crippen LogP contribution in [0.4, 0.5) is 0 Å². The molecule has 0 amide bonds. The van der Waals surface area contributed by atoms with Crippen LogP contribution in [0, 0.1) is 0 Å². The van der Waals surface area contributed by atoms with E-state index in [-0.39, 0.29) is 24.0 Å². The summed E-state index contributed by atoms with van der Waals surface area (Å²) in [6.45, 7) is 7.31. The van der Waals surface area contributed by atoms with Crippen molar-refractivity contribution in [2.45, 2.75) is 63.7 Å². The third-order valence-corrected chi connectivity index (χ3v) is 6.27. The normalized spacial score (nSPS) is 22.8. The van der Waals surface area contributed by atoms with Gasteiger partial charge in [0, 0.05) is 48.0 Å². The average molecular weight is 472 g/mol. The maximum absolute atomic E-state index is 12.0. The van der Waals surface area contributed by atoms with Crippen molar-refractivity contribution in [2.75, 3.05) is 39.5 Å². The van der Waals surface area contributed by atoms with E-state index in [4.69, 9.17) is 0 Å². The number of nitrogens with zero attached hydrogens (tertiary/aromatic N) is 2. The van der Waals surface area contributed by atoms with Crippen molar-refractivity contribution in [1.82, 2.24) is 15.5 Å². The van der Waals surface area contributed by atoms with E-state index in [1.165, 1.54) is 12.8 Å². The molecule has 0 aromatic rings. The minimum Gasteiger partial charge on any atom is -0.355 e. The Morgan fingerprint density at radius 1 is 1.29 bits per heavy atom. The molecule has 1 saturated carbocycles. The van der Waals surface area contributed by atoms with Crippen LogP contribution in [-0.2, 0) is 10.8 Å². The third kappa shape index (κ3) is 9.56. The van der Waals surface area contributed by atoms with Crippen molar-refractivity contribution in [3.63, 3.8) is 0 Å². The summed E-state index contributed by atoms with van der Waals surface area (Å²) in [4.78, 5) is 6.68. The molecule has 0 heterocycles. The fourth-order valence-corrected chi connectivity index (χ4v) is 4.39. The van der Waals surface area contributed by atoms with Crippen molar-refractivity contribution >= 4 is 40.7 Å². The zero-order valence-electron chi connectivity index (χ0n) is 15.8. The zero-order chi connectivity index (χ0) is 17.1. The van der Waals surface area contributed by atoms with Gasteiger partial charge in [0.2, 0.25) is 0 Å². The number of likely N-dealkylation sites (N-methyl/N-ethyl adjacent to an activating group) is 1. The summed E-state index contributed by atoms with van der Waals surface area (Å²) in [6, 6.07) is 0.397. The standard InChI is InChI=1S/C17H36N4OS.HI/c1-5-7-12-21(4)13-11-19-17(18-3)20-15-9-8-10-16(14-15)23(22)6-2;/h15-16H,5-14H2,1-4H3,(H2,18,19,20);1H. The van der Waals surface area contributed by atoms with Crippen molar-refractivity contribution in [1.29, 1.82) is 0 Å². The number of guanidine groups is 1. The van der Waals surface area contributed by atoms with Gasteiger partial charge in [-0.15, -0.1) is 24.0 Å². The van der Waals surface area contributed by atoms with Gasteiger partial charge in [0.15, 0.2) is 5.96 Å². The molecule has 0 bridgehead atoms. The third-order valence-electron chi connectivity index (χ3n) is 4.53. The molecule has 1 aliphatic carbocycles. The number of halogens is 1. The Morgan fingerprint density at radius 3 is 2.67 bits per heavy atom. The van der Waals surface area contributed by atoms with Gasteiger partial charge in [0.25, 0.3) is 0 Å². The Labute approximate surface area is 168 Å². The van der Waals surface area contributed by atoms with Crippen LogP contribution in [0.5, 0.6) is 0 Å². The number of nitrogens with one attached hydrogen (secondary N) is 2. The maximum Gasteiger partial charge on any atom is 0.191 e. The Kier molecular flexibility index (Phi) is 14.4. The van der Waals surface area contributed by atoms with E-state index in [0.717, 1.165) is 57.0 Å². The Hall–Kier alpha value is 0.110. The van der Waals surface area contributed by atoms with Gasteiger partial charge in [0.1, 0.15) is 0 Å². The van der Waals surface area contributed by atoms with Crippen molar-refractivity contribution in [3.05, 3.63) is 0 Å². The Balaban J connectivity index is 0.00000529. The molecular weight excluding hydrogens is 435 g/mol. The molecule has 24 heavy (non-hydrogen) atoms. The van der Waals surface area contributed by atoms with Crippen LogP contribution in [0.1, 0.15) is 52.4 Å². The Morgan fingerprint density at radius 2 is 2.04 bits per heavy atom. The first-order chi connectivity index (χ1) is 11.1. The lowest BCUT2D eigenvalue weighted by molar-refractivity contribution is 0.331. The minimum absolute atomic E-state index is 0. The molecule has 3 atom stereocenters. The van der Waals surface area contributed by atoms with E-state index in [0.29, 0.717) is 11.3 Å². The lowest BCUT2D eigenvalue weighted by Gasteiger charge is -2.30. The fraction of sp³-hybridized carbons (Fsp3) is 0.941. The van der Waals surface area contributed by atoms with Gasteiger partial charge in [-0.25, -0.2) is 0 Å². The highest BCUT2D eigenvalue weighted by Gasteiger charge is 2.25. The molecule has 3 unspecified atom stereocenters. The van der Waals surface area contributed by atoms with Gasteiger partial charge in [-0.05, 0) is 39.3 Å². The molecule has 0 aromatic carbocycles. The van der Waals surface area contributed by atoms with Crippen molar-refractivity contribution in [3.8, 4) is 0 Å². The molecule has 0 spiro atoms. The maximum atomic E-state index is 12.0. The molecule has 2 N–H and O–H groups in total. The molecule has 0 aromatic heterocycles. The van der Waals surface area contributed by atoms with Crippen LogP contribution in [-0.4, -0.2) is 65.8 Å². The molecular formula is C17H37IN4OS. The van der Waals surface area contributed by atoms with Crippen LogP contribution < -0.4 is 10.6 Å². The van der Waals surface area contributed by atoms with Crippen LogP contribution in [0.25, 0.3) is 0 Å². The van der Waals surface area contributed by atoms with Gasteiger partial charge in [-0.3, -0.25) is 9.20 Å². The quantitative estimate of drug-likeness (QED) is 0.308. The van der Waals surface area contributed by atoms with Crippen LogP contribution in [0.2, 0.25) is 0 Å². The van der Waals surface area contributed by atoms with E-state index in [1.54, 1.807) is 0 Å². The first kappa shape index (κ1) is 24.1. The summed E-state index contributed by atoms with van der Waals surface area (Å²) in [7, 11) is 3.31. The smallest absolute Gasteiger partial charge is 0.191 e. The van der Waals surface area contributed by atoms with Gasteiger partial charge >= 0.3 is 0 Å². The van der Waals surface area contributed by atoms with Gasteiger partial charge in [-0.1, -0.05) is 26.7 Å². The highest BCUT2D eigenvalue weighted by molar-refractivity contribution is 14.0. The number of rotatable bonds is 9. The molecule has 5 nitrogen and oxygen atoms in total. The molecule has 0 saturated heterocycles. The highest BCUT2D eigenvalue weighted by atomic mass is 127. The van der Waals surface area contributed by atoms with Crippen LogP contribution in [0.3, 0.4) is 0 Å². The number of aliphatic imine (C=N–C) groups is 1. The second-order valence-corrected chi connectivity index (χ2v) is 8.46. The first-order valence-corrected chi connectivity index (χ1v) is 10.5. The highest BCUT2D eigenvalue weighted by Crippen LogP contribution is 2.22. The zero-order valence-corrected chi connectivity index (χ0v) is 19.0. The van der Waals surface area contributed by atoms with Crippen molar-refractivity contribution in [2.24, 2.45) is 4.99 Å². The molecule has 144 valence electrons. The second-order valence-electron chi connectivity index (χ2n) is 6.46. The predicted octanol–water partition coefficient (Wildman–Crippen LogP) is 2.58. The lowest BCUT2D eigenvalue weighted by Crippen LogP contribution is -2.48. The number of hydrogen-bond acceptors (Lipinski definition) is 3. The summed E-state index contributed by atoms with van der Waals surface area (Å²) in [6.07, 6.45) is 6.90. The SMILES string of the molecule is CCCCN(C)CCNC(=NC)NC1CCCC(S(=O)CC)C1.I. The predicted molar refractivity (Wildman–Crippen MR) is 117 cm³/mol. The van der Waals surface area contributed by atoms with E-state index in [2.05, 4.69) is 34.5 Å². The molecule has 1 fully saturated rings. The van der Waals surface area contributed by atoms with E-state index in [1.807, 2.05) is 14.0 Å². The summed E-state index contributed by atoms with van der Waals surface area (Å²) in [5.41, 5.74) is 0. The van der Waals surface area contributed by atoms with E-state index < -0.39 is 10.8 Å². The number of unbranched alkanes of at least 4 members (excludes halogenated alkanes) is 1. The fourth-order valence-electron chi connectivity index (χ4n) is 3.04. The lowest BCUT2D eigenvalue weighted by atomic mass is 9.95. The largest absolute Gasteiger partial charge is 0.355 e. The van der Waals surface area contributed by atoms with Crippen LogP contribution in [0.15, 0.2) is 4.99 Å². The molecule has 1 aliphatic rings. The summed E-state index contributed by atoms with van der Waals surface area (Å²) in [5.74, 6) is 1.65. The van der Waals surface area contributed by atoms with Gasteiger partial charge in [-0.2, -0.15) is 0 Å². The molecule has 7 heteroatoms. The number of hydrogen-bond donors (Lipinski definition) is 2. The van der Waals surface area contributed by atoms with Crippen molar-refractivity contribution < 1.29 is 4.21 Å². The molecule has 0 aliphatic heterocycles. The minimum atomic E-state index is -0.673. The monoisotopic (exact) mass is 472 g/mol. The summed E-state index contributed by atoms with van der Waals surface area (Å²) < 4.78 is 12.0. The van der Waals surface area contributed by atoms with Crippen LogP contribution >= 0.6 is 24.0 Å². The van der Waals surface area contributed by atoms with Gasteiger partial charge in [0.05, 0.1) is 0 Å². The molecule has 1 rings (SSSR count). The first-order valence-electron chi connectivity index (χ1n) is 9.13. The van der Waals surface area contributed by atoms with Gasteiger partial charge < -0.3 is 15.5 Å². The van der Waals surface area contributed by atoms with E-state index >= 15 is 0 Å².